The largest absolute Gasteiger partial charge is 0.308 e. The smallest absolute Gasteiger partial charge is 0.237 e. The summed E-state index contributed by atoms with van der Waals surface area (Å²) in [6.45, 7) is 6.48. The minimum absolute atomic E-state index is 0.0774. The molecule has 4 rings (SSSR count). The van der Waals surface area contributed by atoms with E-state index in [1.807, 2.05) is 51.9 Å². The SMILES string of the molecule is C=CCn1c(SCC(=O)N2c3ccccc3CC2C)nnc1-c1ccc(Cl)cc1. The standard InChI is InChI=1S/C22H21ClN4OS/c1-3-12-26-21(16-8-10-18(23)11-9-16)24-25-22(26)29-14-20(28)27-15(2)13-17-6-4-5-7-19(17)27/h3-11,15H,1,12-14H2,2H3. The second-order valence-electron chi connectivity index (χ2n) is 6.95. The lowest BCUT2D eigenvalue weighted by Crippen LogP contribution is -2.37. The number of aromatic nitrogens is 3. The molecule has 0 saturated carbocycles. The van der Waals surface area contributed by atoms with E-state index in [-0.39, 0.29) is 11.9 Å². The maximum atomic E-state index is 13.0. The Hall–Kier alpha value is -2.57. The number of carbonyl (C=O) groups excluding carboxylic acids is 1. The highest BCUT2D eigenvalue weighted by atomic mass is 35.5. The van der Waals surface area contributed by atoms with Crippen molar-refractivity contribution >= 4 is 35.0 Å². The van der Waals surface area contributed by atoms with Crippen LogP contribution in [-0.4, -0.2) is 32.5 Å². The van der Waals surface area contributed by atoms with Crippen LogP contribution in [0.15, 0.2) is 66.3 Å². The topological polar surface area (TPSA) is 51.0 Å². The molecule has 0 saturated heterocycles. The lowest BCUT2D eigenvalue weighted by molar-refractivity contribution is -0.116. The van der Waals surface area contributed by atoms with Crippen LogP contribution in [0.5, 0.6) is 0 Å². The molecule has 0 aliphatic carbocycles. The average molecular weight is 425 g/mol. The molecule has 1 amide bonds. The molecule has 29 heavy (non-hydrogen) atoms. The van der Waals surface area contributed by atoms with Crippen molar-refractivity contribution in [1.82, 2.24) is 14.8 Å². The number of allylic oxidation sites excluding steroid dienone is 1. The summed E-state index contributed by atoms with van der Waals surface area (Å²) < 4.78 is 1.97. The number of carbonyl (C=O) groups is 1. The second-order valence-corrected chi connectivity index (χ2v) is 8.33. The molecule has 1 unspecified atom stereocenters. The van der Waals surface area contributed by atoms with Crippen molar-refractivity contribution in [2.75, 3.05) is 10.7 Å². The molecule has 1 aliphatic rings. The van der Waals surface area contributed by atoms with Crippen LogP contribution in [0.3, 0.4) is 0 Å². The van der Waals surface area contributed by atoms with Gasteiger partial charge in [0.2, 0.25) is 5.91 Å². The van der Waals surface area contributed by atoms with Gasteiger partial charge >= 0.3 is 0 Å². The number of rotatable bonds is 6. The molecule has 0 bridgehead atoms. The van der Waals surface area contributed by atoms with Crippen molar-refractivity contribution in [3.05, 3.63) is 71.8 Å². The molecule has 0 radical (unpaired) electrons. The summed E-state index contributed by atoms with van der Waals surface area (Å²) in [6, 6.07) is 15.7. The summed E-state index contributed by atoms with van der Waals surface area (Å²) in [5, 5.41) is 10.0. The summed E-state index contributed by atoms with van der Waals surface area (Å²) in [5.74, 6) is 1.11. The lowest BCUT2D eigenvalue weighted by Gasteiger charge is -2.22. The van der Waals surface area contributed by atoms with Crippen LogP contribution in [0.2, 0.25) is 5.02 Å². The molecule has 3 aromatic rings. The van der Waals surface area contributed by atoms with Gasteiger partial charge < -0.3 is 4.90 Å². The average Bonchev–Trinajstić information content (AvgIpc) is 3.27. The van der Waals surface area contributed by atoms with Crippen molar-refractivity contribution in [3.8, 4) is 11.4 Å². The Bertz CT molecular complexity index is 1050. The Morgan fingerprint density at radius 3 is 2.76 bits per heavy atom. The summed E-state index contributed by atoms with van der Waals surface area (Å²) in [4.78, 5) is 14.9. The van der Waals surface area contributed by atoms with Gasteiger partial charge in [-0.3, -0.25) is 9.36 Å². The van der Waals surface area contributed by atoms with Crippen molar-refractivity contribution in [2.45, 2.75) is 31.1 Å². The fourth-order valence-corrected chi connectivity index (χ4v) is 4.58. The van der Waals surface area contributed by atoms with Gasteiger partial charge in [-0.15, -0.1) is 16.8 Å². The number of benzene rings is 2. The van der Waals surface area contributed by atoms with Gasteiger partial charge in [0.05, 0.1) is 5.75 Å². The van der Waals surface area contributed by atoms with Gasteiger partial charge in [0.25, 0.3) is 0 Å². The van der Waals surface area contributed by atoms with Gasteiger partial charge in [0.15, 0.2) is 11.0 Å². The molecule has 1 aliphatic heterocycles. The van der Waals surface area contributed by atoms with Crippen LogP contribution < -0.4 is 4.90 Å². The molecular weight excluding hydrogens is 404 g/mol. The monoisotopic (exact) mass is 424 g/mol. The van der Waals surface area contributed by atoms with E-state index < -0.39 is 0 Å². The lowest BCUT2D eigenvalue weighted by atomic mass is 10.1. The summed E-state index contributed by atoms with van der Waals surface area (Å²) in [6.07, 6.45) is 2.69. The van der Waals surface area contributed by atoms with Crippen LogP contribution >= 0.6 is 23.4 Å². The predicted octanol–water partition coefficient (Wildman–Crippen LogP) is 4.85. The third kappa shape index (κ3) is 3.95. The maximum Gasteiger partial charge on any atom is 0.237 e. The van der Waals surface area contributed by atoms with E-state index in [4.69, 9.17) is 11.6 Å². The van der Waals surface area contributed by atoms with Gasteiger partial charge in [-0.05, 0) is 49.2 Å². The van der Waals surface area contributed by atoms with Crippen LogP contribution in [0.25, 0.3) is 11.4 Å². The second kappa shape index (κ2) is 8.43. The number of thioether (sulfide) groups is 1. The fraction of sp³-hybridized carbons (Fsp3) is 0.227. The van der Waals surface area contributed by atoms with Crippen molar-refractivity contribution in [3.63, 3.8) is 0 Å². The molecule has 1 aromatic heterocycles. The molecule has 5 nitrogen and oxygen atoms in total. The molecule has 148 valence electrons. The molecule has 0 fully saturated rings. The summed E-state index contributed by atoms with van der Waals surface area (Å²) in [7, 11) is 0. The van der Waals surface area contributed by atoms with E-state index in [9.17, 15) is 4.79 Å². The molecule has 2 aromatic carbocycles. The molecule has 1 atom stereocenters. The van der Waals surface area contributed by atoms with E-state index in [2.05, 4.69) is 29.8 Å². The number of nitrogens with zero attached hydrogens (tertiary/aromatic N) is 4. The van der Waals surface area contributed by atoms with Crippen LogP contribution in [0, 0.1) is 0 Å². The number of amides is 1. The maximum absolute atomic E-state index is 13.0. The van der Waals surface area contributed by atoms with Crippen molar-refractivity contribution < 1.29 is 4.79 Å². The van der Waals surface area contributed by atoms with E-state index >= 15 is 0 Å². The zero-order valence-electron chi connectivity index (χ0n) is 16.1. The molecular formula is C22H21ClN4OS. The van der Waals surface area contributed by atoms with Crippen molar-refractivity contribution in [1.29, 1.82) is 0 Å². The Labute approximate surface area is 179 Å². The highest BCUT2D eigenvalue weighted by Crippen LogP contribution is 2.33. The first kappa shape index (κ1) is 19.7. The first-order valence-electron chi connectivity index (χ1n) is 9.41. The highest BCUT2D eigenvalue weighted by molar-refractivity contribution is 7.99. The number of anilines is 1. The molecule has 7 heteroatoms. The highest BCUT2D eigenvalue weighted by Gasteiger charge is 2.30. The quantitative estimate of drug-likeness (QED) is 0.419. The van der Waals surface area contributed by atoms with Crippen LogP contribution in [-0.2, 0) is 17.8 Å². The minimum atomic E-state index is 0.0774. The molecule has 0 N–H and O–H groups in total. The third-order valence-electron chi connectivity index (χ3n) is 4.93. The van der Waals surface area contributed by atoms with Gasteiger partial charge in [0.1, 0.15) is 0 Å². The normalized spacial score (nSPS) is 15.4. The number of hydrogen-bond donors (Lipinski definition) is 0. The van der Waals surface area contributed by atoms with E-state index in [0.29, 0.717) is 22.5 Å². The van der Waals surface area contributed by atoms with Crippen LogP contribution in [0.4, 0.5) is 5.69 Å². The van der Waals surface area contributed by atoms with E-state index in [1.54, 1.807) is 6.08 Å². The number of fused-ring (bicyclic) bond motifs is 1. The van der Waals surface area contributed by atoms with Gasteiger partial charge in [-0.25, -0.2) is 0 Å². The summed E-state index contributed by atoms with van der Waals surface area (Å²) in [5.41, 5.74) is 3.15. The Balaban J connectivity index is 1.53. The number of hydrogen-bond acceptors (Lipinski definition) is 4. The predicted molar refractivity (Wildman–Crippen MR) is 118 cm³/mol. The first-order valence-corrected chi connectivity index (χ1v) is 10.8. The van der Waals surface area contributed by atoms with Crippen LogP contribution in [0.1, 0.15) is 12.5 Å². The van der Waals surface area contributed by atoms with E-state index in [1.165, 1.54) is 17.3 Å². The Morgan fingerprint density at radius 1 is 1.24 bits per heavy atom. The minimum Gasteiger partial charge on any atom is -0.308 e. The Morgan fingerprint density at radius 2 is 2.00 bits per heavy atom. The molecule has 0 spiro atoms. The Kier molecular flexibility index (Phi) is 5.74. The van der Waals surface area contributed by atoms with E-state index in [0.717, 1.165) is 23.5 Å². The fourth-order valence-electron chi connectivity index (χ4n) is 3.64. The molecule has 2 heterocycles. The third-order valence-corrected chi connectivity index (χ3v) is 6.14. The van der Waals surface area contributed by atoms with Gasteiger partial charge in [0, 0.05) is 28.9 Å². The van der Waals surface area contributed by atoms with Crippen molar-refractivity contribution in [2.24, 2.45) is 0 Å². The number of halogens is 1. The van der Waals surface area contributed by atoms with Gasteiger partial charge in [-0.2, -0.15) is 0 Å². The zero-order valence-corrected chi connectivity index (χ0v) is 17.7. The summed E-state index contributed by atoms with van der Waals surface area (Å²) >= 11 is 7.40. The van der Waals surface area contributed by atoms with Gasteiger partial charge in [-0.1, -0.05) is 47.6 Å². The number of para-hydroxylation sites is 1. The zero-order chi connectivity index (χ0) is 20.4. The first-order chi connectivity index (χ1) is 14.1.